The van der Waals surface area contributed by atoms with Crippen molar-refractivity contribution in [2.45, 2.75) is 252 Å². The van der Waals surface area contributed by atoms with E-state index in [0.29, 0.717) is 19.8 Å². The van der Waals surface area contributed by atoms with Gasteiger partial charge in [-0.2, -0.15) is 0 Å². The van der Waals surface area contributed by atoms with Crippen LogP contribution in [0.15, 0.2) is 24.3 Å². The molecule has 0 saturated carbocycles. The molecule has 0 aromatic carbocycles. The number of hydrogen-bond acceptors (Lipinski definition) is 4. The highest BCUT2D eigenvalue weighted by Crippen LogP contribution is 2.13. The predicted octanol–water partition coefficient (Wildman–Crippen LogP) is 16.3. The molecule has 0 saturated heterocycles. The molecule has 0 aliphatic carbocycles. The van der Waals surface area contributed by atoms with Gasteiger partial charge in [0.15, 0.2) is 0 Å². The number of nitrogens with zero attached hydrogens (tertiary/aromatic N) is 1. The molecule has 0 radical (unpaired) electrons. The van der Waals surface area contributed by atoms with Crippen molar-refractivity contribution in [3.8, 4) is 0 Å². The highest BCUT2D eigenvalue weighted by Gasteiger charge is 2.18. The molecule has 0 fully saturated rings. The Balaban J connectivity index is 4.18. The largest absolute Gasteiger partial charge is 0.449 e. The highest BCUT2D eigenvalue weighted by molar-refractivity contribution is 5.67. The van der Waals surface area contributed by atoms with E-state index in [9.17, 15) is 4.79 Å². The van der Waals surface area contributed by atoms with Crippen molar-refractivity contribution in [3.05, 3.63) is 24.3 Å². The summed E-state index contributed by atoms with van der Waals surface area (Å²) in [6.45, 7) is 9.86. The van der Waals surface area contributed by atoms with Gasteiger partial charge in [-0.1, -0.05) is 199 Å². The second-order valence-electron chi connectivity index (χ2n) is 16.6. The molecule has 0 aromatic rings. The fourth-order valence-electron chi connectivity index (χ4n) is 7.13. The van der Waals surface area contributed by atoms with Crippen LogP contribution in [0, 0.1) is 0 Å². The first-order valence-electron chi connectivity index (χ1n) is 24.5. The van der Waals surface area contributed by atoms with E-state index < -0.39 is 0 Å². The van der Waals surface area contributed by atoms with Crippen molar-refractivity contribution in [2.24, 2.45) is 0 Å². The minimum atomic E-state index is -0.245. The summed E-state index contributed by atoms with van der Waals surface area (Å²) in [5.74, 6) is 0. The lowest BCUT2D eigenvalue weighted by Crippen LogP contribution is -2.38. The van der Waals surface area contributed by atoms with E-state index in [2.05, 4.69) is 45.1 Å². The zero-order valence-corrected chi connectivity index (χ0v) is 37.8. The molecule has 0 N–H and O–H groups in total. The van der Waals surface area contributed by atoms with E-state index >= 15 is 0 Å². The SMILES string of the molecule is CCCCCCCC/C=C\CCCCCCCCOCC(CN(C)C(=O)OCCCCCCCCC)OCCCCCCCC/C=C\CCCCCCCC. The van der Waals surface area contributed by atoms with Gasteiger partial charge < -0.3 is 19.1 Å². The molecule has 0 rings (SSSR count). The lowest BCUT2D eigenvalue weighted by atomic mass is 10.1. The smallest absolute Gasteiger partial charge is 0.409 e. The van der Waals surface area contributed by atoms with Crippen LogP contribution in [0.2, 0.25) is 0 Å². The van der Waals surface area contributed by atoms with Crippen LogP contribution in [0.1, 0.15) is 245 Å². The second kappa shape index (κ2) is 47.0. The van der Waals surface area contributed by atoms with Crippen LogP contribution >= 0.6 is 0 Å². The summed E-state index contributed by atoms with van der Waals surface area (Å²) in [6, 6.07) is 0. The second-order valence-corrected chi connectivity index (χ2v) is 16.6. The normalized spacial score (nSPS) is 12.4. The van der Waals surface area contributed by atoms with Gasteiger partial charge in [0, 0.05) is 20.3 Å². The summed E-state index contributed by atoms with van der Waals surface area (Å²) in [7, 11) is 1.83. The Kier molecular flexibility index (Phi) is 45.9. The molecule has 0 spiro atoms. The molecule has 55 heavy (non-hydrogen) atoms. The maximum atomic E-state index is 12.7. The van der Waals surface area contributed by atoms with Crippen LogP contribution in [0.25, 0.3) is 0 Å². The van der Waals surface area contributed by atoms with Crippen molar-refractivity contribution < 1.29 is 19.0 Å². The van der Waals surface area contributed by atoms with E-state index in [0.717, 1.165) is 38.9 Å². The van der Waals surface area contributed by atoms with Crippen LogP contribution in [0.3, 0.4) is 0 Å². The Morgan fingerprint density at radius 1 is 0.436 bits per heavy atom. The van der Waals surface area contributed by atoms with Gasteiger partial charge in [-0.15, -0.1) is 0 Å². The first-order valence-corrected chi connectivity index (χ1v) is 24.5. The topological polar surface area (TPSA) is 48.0 Å². The molecule has 0 heterocycles. The zero-order chi connectivity index (χ0) is 40.0. The standard InChI is InChI=1S/C50H97NO4/c1-5-8-11-14-17-19-21-23-25-27-29-31-33-36-38-41-44-53-48-49(47-51(4)50(52)55-46-43-40-35-16-13-10-7-3)54-45-42-39-37-34-32-30-28-26-24-22-20-18-15-12-9-6-2/h23-26,49H,5-22,27-48H2,1-4H3/b25-23-,26-24-. The lowest BCUT2D eigenvalue weighted by molar-refractivity contribution is -0.0309. The Morgan fingerprint density at radius 2 is 0.764 bits per heavy atom. The lowest BCUT2D eigenvalue weighted by Gasteiger charge is -2.24. The van der Waals surface area contributed by atoms with Gasteiger partial charge in [0.1, 0.15) is 0 Å². The molecule has 5 nitrogen and oxygen atoms in total. The van der Waals surface area contributed by atoms with Gasteiger partial charge in [-0.25, -0.2) is 4.79 Å². The molecule has 0 aliphatic heterocycles. The fourth-order valence-corrected chi connectivity index (χ4v) is 7.13. The summed E-state index contributed by atoms with van der Waals surface area (Å²) in [5.41, 5.74) is 0. The molecule has 0 aliphatic rings. The van der Waals surface area contributed by atoms with E-state index in [1.807, 2.05) is 7.05 Å². The maximum absolute atomic E-state index is 12.7. The van der Waals surface area contributed by atoms with Gasteiger partial charge in [0.05, 0.1) is 25.9 Å². The Labute approximate surface area is 345 Å². The summed E-state index contributed by atoms with van der Waals surface area (Å²) in [5, 5.41) is 0. The first kappa shape index (κ1) is 53.7. The molecule has 1 unspecified atom stereocenters. The van der Waals surface area contributed by atoms with Crippen LogP contribution in [-0.4, -0.2) is 57.1 Å². The highest BCUT2D eigenvalue weighted by atomic mass is 16.6. The van der Waals surface area contributed by atoms with Crippen LogP contribution in [0.4, 0.5) is 4.79 Å². The molecule has 0 bridgehead atoms. The number of hydrogen-bond donors (Lipinski definition) is 0. The third kappa shape index (κ3) is 43.6. The van der Waals surface area contributed by atoms with Crippen molar-refractivity contribution in [1.82, 2.24) is 4.90 Å². The Morgan fingerprint density at radius 3 is 1.16 bits per heavy atom. The minimum Gasteiger partial charge on any atom is -0.449 e. The third-order valence-corrected chi connectivity index (χ3v) is 10.9. The molecular formula is C50H97NO4. The van der Waals surface area contributed by atoms with E-state index in [1.54, 1.807) is 4.90 Å². The Bertz CT molecular complexity index is 799. The number of unbranched alkanes of at least 4 members (excludes halogenated alkanes) is 30. The monoisotopic (exact) mass is 776 g/mol. The van der Waals surface area contributed by atoms with Crippen LogP contribution in [0.5, 0.6) is 0 Å². The number of carbonyl (C=O) groups excluding carboxylic acids is 1. The van der Waals surface area contributed by atoms with Crippen LogP contribution < -0.4 is 0 Å². The van der Waals surface area contributed by atoms with Gasteiger partial charge in [-0.3, -0.25) is 0 Å². The number of rotatable bonds is 45. The average Bonchev–Trinajstić information content (AvgIpc) is 3.19. The van der Waals surface area contributed by atoms with Crippen molar-refractivity contribution in [1.29, 1.82) is 0 Å². The molecule has 1 atom stereocenters. The molecule has 0 aromatic heterocycles. The molecule has 326 valence electrons. The van der Waals surface area contributed by atoms with E-state index in [4.69, 9.17) is 14.2 Å². The summed E-state index contributed by atoms with van der Waals surface area (Å²) >= 11 is 0. The Hall–Kier alpha value is -1.33. The van der Waals surface area contributed by atoms with Crippen molar-refractivity contribution in [2.75, 3.05) is 40.0 Å². The number of ether oxygens (including phenoxy) is 3. The van der Waals surface area contributed by atoms with Gasteiger partial charge in [0.2, 0.25) is 0 Å². The quantitative estimate of drug-likeness (QED) is 0.0457. The fraction of sp³-hybridized carbons (Fsp3) is 0.900. The van der Waals surface area contributed by atoms with Crippen molar-refractivity contribution >= 4 is 6.09 Å². The summed E-state index contributed by atoms with van der Waals surface area (Å²) in [6.07, 6.45) is 54.4. The molecule has 5 heteroatoms. The maximum Gasteiger partial charge on any atom is 0.409 e. The average molecular weight is 776 g/mol. The minimum absolute atomic E-state index is 0.117. The molecular weight excluding hydrogens is 679 g/mol. The number of carbonyl (C=O) groups is 1. The number of likely N-dealkylation sites (N-methyl/N-ethyl adjacent to an activating group) is 1. The van der Waals surface area contributed by atoms with Gasteiger partial charge in [-0.05, 0) is 70.6 Å². The third-order valence-electron chi connectivity index (χ3n) is 10.9. The van der Waals surface area contributed by atoms with Crippen LogP contribution in [-0.2, 0) is 14.2 Å². The zero-order valence-electron chi connectivity index (χ0n) is 37.8. The summed E-state index contributed by atoms with van der Waals surface area (Å²) in [4.78, 5) is 14.4. The first-order chi connectivity index (χ1) is 27.2. The number of amides is 1. The van der Waals surface area contributed by atoms with E-state index in [1.165, 1.54) is 199 Å². The van der Waals surface area contributed by atoms with E-state index in [-0.39, 0.29) is 12.2 Å². The number of allylic oxidation sites excluding steroid dienone is 4. The van der Waals surface area contributed by atoms with Gasteiger partial charge in [0.25, 0.3) is 0 Å². The predicted molar refractivity (Wildman–Crippen MR) is 241 cm³/mol. The molecule has 1 amide bonds. The van der Waals surface area contributed by atoms with Crippen molar-refractivity contribution in [3.63, 3.8) is 0 Å². The summed E-state index contributed by atoms with van der Waals surface area (Å²) < 4.78 is 18.0. The van der Waals surface area contributed by atoms with Gasteiger partial charge >= 0.3 is 6.09 Å².